The minimum absolute atomic E-state index is 0. The van der Waals surface area contributed by atoms with Crippen LogP contribution in [0.25, 0.3) is 0 Å². The summed E-state index contributed by atoms with van der Waals surface area (Å²) in [5, 5.41) is 0. The molecule has 0 atom stereocenters. The maximum Gasteiger partial charge on any atom is 0.0696 e. The quantitative estimate of drug-likeness (QED) is 0.360. The minimum atomic E-state index is 0. The van der Waals surface area contributed by atoms with Crippen molar-refractivity contribution in [2.45, 2.75) is 69.2 Å². The second kappa shape index (κ2) is 15.3. The molecule has 0 amide bonds. The summed E-state index contributed by atoms with van der Waals surface area (Å²) in [7, 11) is 3.30. The summed E-state index contributed by atoms with van der Waals surface area (Å²) < 4.78 is 9.31. The summed E-state index contributed by atoms with van der Waals surface area (Å²) in [5.74, 6) is 14.7. The molecule has 0 unspecified atom stereocenters. The van der Waals surface area contributed by atoms with E-state index in [9.17, 15) is 0 Å². The van der Waals surface area contributed by atoms with Gasteiger partial charge in [-0.2, -0.15) is 0 Å². The molecule has 0 saturated heterocycles. The van der Waals surface area contributed by atoms with E-state index in [-0.39, 0.29) is 48.9 Å². The van der Waals surface area contributed by atoms with Crippen LogP contribution in [-0.4, -0.2) is 76.3 Å². The van der Waals surface area contributed by atoms with Crippen LogP contribution in [0, 0.1) is 59.2 Å². The van der Waals surface area contributed by atoms with Gasteiger partial charge in [0.05, 0.1) is 13.2 Å². The van der Waals surface area contributed by atoms with Gasteiger partial charge in [-0.3, -0.25) is 0 Å². The van der Waals surface area contributed by atoms with Gasteiger partial charge in [-0.05, 0) is 59.2 Å². The molecule has 3 heteroatoms. The van der Waals surface area contributed by atoms with Gasteiger partial charge < -0.3 is 9.47 Å². The zero-order chi connectivity index (χ0) is 20.6. The SMILES string of the molecule is COCCOC.C[C]1[C](C)[C](C)[C](C)[C]1C.C[C]1[C](C)[C](C)[C](C)[C]1C.[Ba]. The number of hydrogen-bond acceptors (Lipinski definition) is 2. The largest absolute Gasteiger partial charge is 0.382 e. The van der Waals surface area contributed by atoms with Crippen LogP contribution in [0.3, 0.4) is 0 Å². The van der Waals surface area contributed by atoms with Crippen molar-refractivity contribution in [3.8, 4) is 0 Å². The van der Waals surface area contributed by atoms with Crippen LogP contribution in [0.5, 0.6) is 0 Å². The molecule has 12 radical (unpaired) electrons. The standard InChI is InChI=1S/2C10H15.C4H10O2.Ba/c2*1-6-7(2)9(4)10(5)8(6)3;1-5-3-4-6-2;/h2*1-5H3;3-4H2,1-2H3;. The fraction of sp³-hybridized carbons (Fsp3) is 0.583. The fourth-order valence-electron chi connectivity index (χ4n) is 2.98. The average Bonchev–Trinajstić information content (AvgIpc) is 2.91. The Morgan fingerprint density at radius 2 is 0.481 bits per heavy atom. The Morgan fingerprint density at radius 1 is 0.370 bits per heavy atom. The van der Waals surface area contributed by atoms with Crippen molar-refractivity contribution in [3.63, 3.8) is 0 Å². The topological polar surface area (TPSA) is 18.5 Å². The van der Waals surface area contributed by atoms with Crippen molar-refractivity contribution in [1.82, 2.24) is 0 Å². The van der Waals surface area contributed by atoms with Gasteiger partial charge >= 0.3 is 0 Å². The van der Waals surface area contributed by atoms with Crippen LogP contribution < -0.4 is 0 Å². The van der Waals surface area contributed by atoms with E-state index in [0.717, 1.165) is 0 Å². The summed E-state index contributed by atoms with van der Waals surface area (Å²) in [6.07, 6.45) is 0. The number of hydrogen-bond donors (Lipinski definition) is 0. The monoisotopic (exact) mass is 498 g/mol. The Morgan fingerprint density at radius 3 is 0.556 bits per heavy atom. The van der Waals surface area contributed by atoms with Crippen LogP contribution in [0.1, 0.15) is 69.2 Å². The number of ether oxygens (including phenoxy) is 2. The van der Waals surface area contributed by atoms with Gasteiger partial charge in [0.15, 0.2) is 0 Å². The zero-order valence-electron chi connectivity index (χ0n) is 19.9. The third kappa shape index (κ3) is 9.02. The Bertz CT molecular complexity index is 239. The van der Waals surface area contributed by atoms with E-state index in [2.05, 4.69) is 78.7 Å². The molecule has 27 heavy (non-hydrogen) atoms. The molecule has 2 fully saturated rings. The Hall–Kier alpha value is 1.49. The van der Waals surface area contributed by atoms with Crippen molar-refractivity contribution in [2.75, 3.05) is 27.4 Å². The predicted molar refractivity (Wildman–Crippen MR) is 119 cm³/mol. The molecule has 0 aromatic rings. The molecule has 2 aliphatic rings. The Balaban J connectivity index is 0. The van der Waals surface area contributed by atoms with Gasteiger partial charge in [-0.15, -0.1) is 0 Å². The van der Waals surface area contributed by atoms with Crippen LogP contribution in [0.2, 0.25) is 0 Å². The molecule has 0 spiro atoms. The molecule has 0 heterocycles. The maximum atomic E-state index is 4.66. The third-order valence-corrected chi connectivity index (χ3v) is 6.12. The summed E-state index contributed by atoms with van der Waals surface area (Å²) in [5.41, 5.74) is 0. The van der Waals surface area contributed by atoms with Crippen LogP contribution in [0.15, 0.2) is 0 Å². The molecule has 2 rings (SSSR count). The molecule has 0 bridgehead atoms. The van der Waals surface area contributed by atoms with E-state index >= 15 is 0 Å². The smallest absolute Gasteiger partial charge is 0.0696 e. The Kier molecular flexibility index (Phi) is 17.4. The zero-order valence-corrected chi connectivity index (χ0v) is 24.4. The molecular formula is C24H40BaO2. The van der Waals surface area contributed by atoms with Gasteiger partial charge in [0, 0.05) is 63.1 Å². The molecule has 2 saturated carbocycles. The molecule has 0 aromatic carbocycles. The van der Waals surface area contributed by atoms with Crippen molar-refractivity contribution in [1.29, 1.82) is 0 Å². The number of rotatable bonds is 3. The van der Waals surface area contributed by atoms with Gasteiger partial charge in [-0.25, -0.2) is 0 Å². The van der Waals surface area contributed by atoms with Gasteiger partial charge in [0.1, 0.15) is 0 Å². The summed E-state index contributed by atoms with van der Waals surface area (Å²) in [6, 6.07) is 0. The van der Waals surface area contributed by atoms with Gasteiger partial charge in [0.25, 0.3) is 0 Å². The minimum Gasteiger partial charge on any atom is -0.382 e. The first-order valence-corrected chi connectivity index (χ1v) is 9.39. The molecule has 0 aliphatic heterocycles. The Labute approximate surface area is 212 Å². The van der Waals surface area contributed by atoms with Crippen LogP contribution in [0.4, 0.5) is 0 Å². The average molecular weight is 498 g/mol. The first kappa shape index (κ1) is 30.7. The summed E-state index contributed by atoms with van der Waals surface area (Å²) >= 11 is 0. The van der Waals surface area contributed by atoms with E-state index in [4.69, 9.17) is 0 Å². The molecular weight excluding hydrogens is 458 g/mol. The maximum absolute atomic E-state index is 4.66. The summed E-state index contributed by atoms with van der Waals surface area (Å²) in [6.45, 7) is 23.4. The van der Waals surface area contributed by atoms with E-state index in [0.29, 0.717) is 13.2 Å². The van der Waals surface area contributed by atoms with Crippen molar-refractivity contribution >= 4 is 48.9 Å². The van der Waals surface area contributed by atoms with Crippen molar-refractivity contribution in [2.24, 2.45) is 0 Å². The first-order valence-electron chi connectivity index (χ1n) is 9.39. The van der Waals surface area contributed by atoms with Crippen molar-refractivity contribution < 1.29 is 9.47 Å². The van der Waals surface area contributed by atoms with Gasteiger partial charge in [0.2, 0.25) is 0 Å². The van der Waals surface area contributed by atoms with E-state index in [1.807, 2.05) is 0 Å². The van der Waals surface area contributed by atoms with E-state index in [1.54, 1.807) is 14.2 Å². The van der Waals surface area contributed by atoms with Crippen LogP contribution >= 0.6 is 0 Å². The predicted octanol–water partition coefficient (Wildman–Crippen LogP) is 5.84. The van der Waals surface area contributed by atoms with Crippen LogP contribution in [-0.2, 0) is 9.47 Å². The first-order chi connectivity index (χ1) is 12.0. The third-order valence-electron chi connectivity index (χ3n) is 6.12. The molecule has 2 aliphatic carbocycles. The van der Waals surface area contributed by atoms with Crippen molar-refractivity contribution in [3.05, 3.63) is 59.2 Å². The van der Waals surface area contributed by atoms with E-state index in [1.165, 1.54) is 59.2 Å². The molecule has 0 aromatic heterocycles. The normalized spacial score (nSPS) is 23.1. The molecule has 2 nitrogen and oxygen atoms in total. The number of methoxy groups -OCH3 is 2. The molecule has 0 N–H and O–H groups in total. The summed E-state index contributed by atoms with van der Waals surface area (Å²) in [4.78, 5) is 0. The second-order valence-corrected chi connectivity index (χ2v) is 7.24. The fourth-order valence-corrected chi connectivity index (χ4v) is 2.98. The van der Waals surface area contributed by atoms with E-state index < -0.39 is 0 Å². The van der Waals surface area contributed by atoms with Gasteiger partial charge in [-0.1, -0.05) is 69.2 Å². The second-order valence-electron chi connectivity index (χ2n) is 7.24. The molecule has 150 valence electrons.